The van der Waals surface area contributed by atoms with Gasteiger partial charge in [0.05, 0.1) is 6.61 Å². The molecule has 0 amide bonds. The van der Waals surface area contributed by atoms with Crippen molar-refractivity contribution in [3.05, 3.63) is 12.3 Å². The van der Waals surface area contributed by atoms with Gasteiger partial charge < -0.3 is 5.11 Å². The molecule has 9 heavy (non-hydrogen) atoms. The highest BCUT2D eigenvalue weighted by Gasteiger charge is 1.81. The number of carboxylic acid groups (broad SMARTS) is 1. The van der Waals surface area contributed by atoms with Crippen molar-refractivity contribution in [2.45, 2.75) is 6.92 Å². The molecule has 4 nitrogen and oxygen atoms in total. The van der Waals surface area contributed by atoms with E-state index < -0.39 is 5.97 Å². The third-order valence-corrected chi connectivity index (χ3v) is 0.522. The Bertz CT molecular complexity index is 111. The summed E-state index contributed by atoms with van der Waals surface area (Å²) in [6.07, 6.45) is 2.17. The summed E-state index contributed by atoms with van der Waals surface area (Å²) >= 11 is 0. The normalized spacial score (nSPS) is 9.89. The monoisotopic (exact) mass is 131 g/mol. The Hall–Kier alpha value is -1.03. The molecule has 0 rings (SSSR count). The first-order valence-electron chi connectivity index (χ1n) is 2.54. The van der Waals surface area contributed by atoms with E-state index in [-0.39, 0.29) is 0 Å². The molecule has 0 aromatic heterocycles. The number of carboxylic acids is 1. The molecule has 0 fully saturated rings. The first-order valence-corrected chi connectivity index (χ1v) is 2.54. The van der Waals surface area contributed by atoms with Crippen LogP contribution in [-0.4, -0.2) is 17.7 Å². The first-order chi connectivity index (χ1) is 4.27. The molecule has 2 N–H and O–H groups in total. The van der Waals surface area contributed by atoms with E-state index in [0.717, 1.165) is 6.08 Å². The van der Waals surface area contributed by atoms with Gasteiger partial charge in [-0.2, -0.15) is 0 Å². The van der Waals surface area contributed by atoms with Gasteiger partial charge in [-0.25, -0.2) is 4.79 Å². The predicted octanol–water partition coefficient (Wildman–Crippen LogP) is 0.126. The molecule has 0 aliphatic rings. The summed E-state index contributed by atoms with van der Waals surface area (Å²) in [4.78, 5) is 14.4. The van der Waals surface area contributed by atoms with E-state index in [1.807, 2.05) is 0 Å². The van der Waals surface area contributed by atoms with Gasteiger partial charge in [0, 0.05) is 12.3 Å². The fourth-order valence-corrected chi connectivity index (χ4v) is 0.237. The van der Waals surface area contributed by atoms with E-state index in [4.69, 9.17) is 5.11 Å². The number of nitrogens with one attached hydrogen (secondary N) is 1. The minimum absolute atomic E-state index is 0.504. The lowest BCUT2D eigenvalue weighted by Crippen LogP contribution is -2.06. The topological polar surface area (TPSA) is 58.6 Å². The van der Waals surface area contributed by atoms with Crippen LogP contribution in [-0.2, 0) is 9.63 Å². The lowest BCUT2D eigenvalue weighted by Gasteiger charge is -1.94. The van der Waals surface area contributed by atoms with Gasteiger partial charge in [0.25, 0.3) is 0 Å². The maximum atomic E-state index is 9.78. The number of carbonyl (C=O) groups is 1. The zero-order chi connectivity index (χ0) is 7.11. The molecule has 0 saturated heterocycles. The second kappa shape index (κ2) is 5.11. The van der Waals surface area contributed by atoms with Gasteiger partial charge in [-0.3, -0.25) is 10.3 Å². The maximum absolute atomic E-state index is 9.78. The fraction of sp³-hybridized carbons (Fsp3) is 0.400. The molecular weight excluding hydrogens is 122 g/mol. The van der Waals surface area contributed by atoms with Crippen molar-refractivity contribution in [3.63, 3.8) is 0 Å². The number of hydrogen-bond donors (Lipinski definition) is 2. The second-order valence-corrected chi connectivity index (χ2v) is 1.22. The van der Waals surface area contributed by atoms with Crippen molar-refractivity contribution in [3.8, 4) is 0 Å². The number of rotatable bonds is 4. The van der Waals surface area contributed by atoms with Crippen LogP contribution in [0.5, 0.6) is 0 Å². The van der Waals surface area contributed by atoms with E-state index in [0.29, 0.717) is 6.61 Å². The first kappa shape index (κ1) is 7.97. The summed E-state index contributed by atoms with van der Waals surface area (Å²) in [7, 11) is 0. The summed E-state index contributed by atoms with van der Waals surface area (Å²) < 4.78 is 0. The van der Waals surface area contributed by atoms with Crippen LogP contribution in [0.15, 0.2) is 12.3 Å². The van der Waals surface area contributed by atoms with Crippen LogP contribution in [0.25, 0.3) is 0 Å². The minimum atomic E-state index is -0.998. The predicted molar refractivity (Wildman–Crippen MR) is 31.5 cm³/mol. The van der Waals surface area contributed by atoms with E-state index in [9.17, 15) is 4.79 Å². The molecule has 0 spiro atoms. The Morgan fingerprint density at radius 1 is 1.89 bits per heavy atom. The molecule has 0 radical (unpaired) electrons. The minimum Gasteiger partial charge on any atom is -0.478 e. The van der Waals surface area contributed by atoms with Gasteiger partial charge >= 0.3 is 5.97 Å². The van der Waals surface area contributed by atoms with Crippen LogP contribution in [0.3, 0.4) is 0 Å². The molecule has 0 saturated carbocycles. The van der Waals surface area contributed by atoms with Gasteiger partial charge in [0.15, 0.2) is 0 Å². The van der Waals surface area contributed by atoms with Crippen molar-refractivity contribution in [2.24, 2.45) is 0 Å². The largest absolute Gasteiger partial charge is 0.478 e. The van der Waals surface area contributed by atoms with Gasteiger partial charge in [-0.15, -0.1) is 0 Å². The summed E-state index contributed by atoms with van der Waals surface area (Å²) in [5.74, 6) is -0.998. The molecule has 0 aromatic carbocycles. The number of hydroxylamine groups is 1. The van der Waals surface area contributed by atoms with Gasteiger partial charge in [-0.05, 0) is 6.92 Å². The summed E-state index contributed by atoms with van der Waals surface area (Å²) in [5.41, 5.74) is 2.31. The summed E-state index contributed by atoms with van der Waals surface area (Å²) in [5, 5.41) is 8.03. The average molecular weight is 131 g/mol. The van der Waals surface area contributed by atoms with Gasteiger partial charge in [0.2, 0.25) is 0 Å². The highest BCUT2D eigenvalue weighted by Crippen LogP contribution is 1.68. The zero-order valence-electron chi connectivity index (χ0n) is 5.13. The third kappa shape index (κ3) is 6.97. The Morgan fingerprint density at radius 3 is 3.00 bits per heavy atom. The zero-order valence-corrected chi connectivity index (χ0v) is 5.13. The Kier molecular flexibility index (Phi) is 4.53. The summed E-state index contributed by atoms with van der Waals surface area (Å²) in [6, 6.07) is 0. The Labute approximate surface area is 53.1 Å². The average Bonchev–Trinajstić information content (AvgIpc) is 1.80. The van der Waals surface area contributed by atoms with Gasteiger partial charge in [0.1, 0.15) is 0 Å². The molecular formula is C5H9NO3. The molecule has 0 atom stereocenters. The smallest absolute Gasteiger partial charge is 0.329 e. The Balaban J connectivity index is 3.15. The third-order valence-electron chi connectivity index (χ3n) is 0.522. The highest BCUT2D eigenvalue weighted by molar-refractivity contribution is 5.79. The van der Waals surface area contributed by atoms with Crippen LogP contribution in [0.4, 0.5) is 0 Å². The van der Waals surface area contributed by atoms with E-state index in [1.165, 1.54) is 6.20 Å². The number of hydrogen-bond acceptors (Lipinski definition) is 3. The molecule has 0 unspecified atom stereocenters. The Morgan fingerprint density at radius 2 is 2.56 bits per heavy atom. The lowest BCUT2D eigenvalue weighted by molar-refractivity contribution is -0.131. The van der Waals surface area contributed by atoms with Crippen molar-refractivity contribution in [1.82, 2.24) is 5.48 Å². The van der Waals surface area contributed by atoms with E-state index in [2.05, 4.69) is 10.3 Å². The van der Waals surface area contributed by atoms with Crippen molar-refractivity contribution in [1.29, 1.82) is 0 Å². The quantitative estimate of drug-likeness (QED) is 0.323. The fourth-order valence-electron chi connectivity index (χ4n) is 0.237. The van der Waals surface area contributed by atoms with E-state index >= 15 is 0 Å². The molecule has 52 valence electrons. The highest BCUT2D eigenvalue weighted by atomic mass is 16.6. The SMILES string of the molecule is CCON/C=C/C(=O)O. The van der Waals surface area contributed by atoms with Crippen LogP contribution in [0.2, 0.25) is 0 Å². The van der Waals surface area contributed by atoms with Crippen molar-refractivity contribution >= 4 is 5.97 Å². The molecule has 0 bridgehead atoms. The standard InChI is InChI=1S/C5H9NO3/c1-2-9-6-4-3-5(7)8/h3-4,6H,2H2,1H3,(H,7,8)/b4-3+. The molecule has 4 heteroatoms. The summed E-state index contributed by atoms with van der Waals surface area (Å²) in [6.45, 7) is 2.30. The number of aliphatic carboxylic acids is 1. The molecule has 0 heterocycles. The van der Waals surface area contributed by atoms with Crippen LogP contribution in [0, 0.1) is 0 Å². The van der Waals surface area contributed by atoms with Crippen LogP contribution >= 0.6 is 0 Å². The molecule has 0 aromatic rings. The van der Waals surface area contributed by atoms with Gasteiger partial charge in [-0.1, -0.05) is 0 Å². The maximum Gasteiger partial charge on any atom is 0.329 e. The second-order valence-electron chi connectivity index (χ2n) is 1.22. The van der Waals surface area contributed by atoms with Crippen LogP contribution in [0.1, 0.15) is 6.92 Å². The molecule has 0 aliphatic carbocycles. The van der Waals surface area contributed by atoms with Crippen LogP contribution < -0.4 is 5.48 Å². The van der Waals surface area contributed by atoms with Crippen molar-refractivity contribution < 1.29 is 14.7 Å². The van der Waals surface area contributed by atoms with E-state index in [1.54, 1.807) is 6.92 Å². The van der Waals surface area contributed by atoms with Crippen molar-refractivity contribution in [2.75, 3.05) is 6.61 Å². The lowest BCUT2D eigenvalue weighted by atomic mass is 10.6. The molecule has 0 aliphatic heterocycles.